The first-order valence-corrected chi connectivity index (χ1v) is 7.30. The molecule has 0 aromatic heterocycles. The Balaban J connectivity index is 2.42. The molecule has 1 unspecified atom stereocenters. The molecule has 1 amide bonds. The number of hydrogen-bond donors (Lipinski definition) is 2. The van der Waals surface area contributed by atoms with E-state index in [1.165, 1.54) is 5.56 Å². The van der Waals surface area contributed by atoms with Gasteiger partial charge in [-0.2, -0.15) is 0 Å². The van der Waals surface area contributed by atoms with Crippen molar-refractivity contribution in [1.29, 1.82) is 0 Å². The second-order valence-corrected chi connectivity index (χ2v) is 4.96. The van der Waals surface area contributed by atoms with Crippen LogP contribution in [0.3, 0.4) is 0 Å². The zero-order valence-corrected chi connectivity index (χ0v) is 12.3. The molecule has 0 aliphatic heterocycles. The van der Waals surface area contributed by atoms with Crippen molar-refractivity contribution < 1.29 is 4.79 Å². The quantitative estimate of drug-likeness (QED) is 0.705. The Labute approximate surface area is 116 Å². The number of nitrogens with one attached hydrogen (secondary N) is 2. The Morgan fingerprint density at radius 2 is 1.84 bits per heavy atom. The van der Waals surface area contributed by atoms with E-state index in [-0.39, 0.29) is 11.9 Å². The molecule has 0 bridgehead atoms. The molecule has 106 valence electrons. The van der Waals surface area contributed by atoms with Crippen LogP contribution in [-0.2, 0) is 11.2 Å². The molecular weight excluding hydrogens is 236 g/mol. The molecule has 1 aromatic carbocycles. The normalized spacial score (nSPS) is 11.9. The van der Waals surface area contributed by atoms with Gasteiger partial charge in [-0.1, -0.05) is 38.8 Å². The molecule has 19 heavy (non-hydrogen) atoms. The molecule has 0 fully saturated rings. The Bertz CT molecular complexity index is 373. The average Bonchev–Trinajstić information content (AvgIpc) is 2.41. The molecule has 0 spiro atoms. The van der Waals surface area contributed by atoms with Crippen LogP contribution < -0.4 is 10.6 Å². The van der Waals surface area contributed by atoms with E-state index in [2.05, 4.69) is 36.6 Å². The van der Waals surface area contributed by atoms with E-state index >= 15 is 0 Å². The maximum atomic E-state index is 11.8. The lowest BCUT2D eigenvalue weighted by Crippen LogP contribution is -2.37. The number of unbranched alkanes of at least 4 members (excludes halogenated alkanes) is 1. The van der Waals surface area contributed by atoms with Crippen molar-refractivity contribution in [3.63, 3.8) is 0 Å². The third-order valence-electron chi connectivity index (χ3n) is 3.10. The average molecular weight is 262 g/mol. The van der Waals surface area contributed by atoms with Crippen molar-refractivity contribution in [3.05, 3.63) is 29.8 Å². The zero-order chi connectivity index (χ0) is 14.1. The molecule has 0 saturated heterocycles. The molecule has 3 heteroatoms. The van der Waals surface area contributed by atoms with Crippen LogP contribution in [0.25, 0.3) is 0 Å². The van der Waals surface area contributed by atoms with E-state index in [1.807, 2.05) is 19.1 Å². The van der Waals surface area contributed by atoms with Crippen LogP contribution in [0.2, 0.25) is 0 Å². The summed E-state index contributed by atoms with van der Waals surface area (Å²) < 4.78 is 0. The summed E-state index contributed by atoms with van der Waals surface area (Å²) in [5.74, 6) is 0.0612. The van der Waals surface area contributed by atoms with Crippen LogP contribution in [-0.4, -0.2) is 18.5 Å². The Morgan fingerprint density at radius 3 is 2.42 bits per heavy atom. The van der Waals surface area contributed by atoms with E-state index in [0.717, 1.165) is 37.9 Å². The first-order valence-electron chi connectivity index (χ1n) is 7.30. The van der Waals surface area contributed by atoms with Gasteiger partial charge in [0.15, 0.2) is 0 Å². The van der Waals surface area contributed by atoms with E-state index in [9.17, 15) is 4.79 Å². The third-order valence-corrected chi connectivity index (χ3v) is 3.10. The minimum atomic E-state index is -0.200. The van der Waals surface area contributed by atoms with Gasteiger partial charge in [-0.05, 0) is 37.5 Å². The van der Waals surface area contributed by atoms with Gasteiger partial charge in [0.2, 0.25) is 5.91 Å². The minimum absolute atomic E-state index is 0.0612. The number of rotatable bonds is 8. The zero-order valence-electron chi connectivity index (χ0n) is 12.3. The highest BCUT2D eigenvalue weighted by Crippen LogP contribution is 2.12. The lowest BCUT2D eigenvalue weighted by Gasteiger charge is -2.15. The van der Waals surface area contributed by atoms with Crippen LogP contribution >= 0.6 is 0 Å². The van der Waals surface area contributed by atoms with Gasteiger partial charge in [0.25, 0.3) is 0 Å². The van der Waals surface area contributed by atoms with Crippen molar-refractivity contribution >= 4 is 11.6 Å². The van der Waals surface area contributed by atoms with E-state index in [0.29, 0.717) is 0 Å². The molecular formula is C16H26N2O. The van der Waals surface area contributed by atoms with Gasteiger partial charge >= 0.3 is 0 Å². The predicted octanol–water partition coefficient (Wildman–Crippen LogP) is 3.36. The first-order chi connectivity index (χ1) is 9.17. The van der Waals surface area contributed by atoms with Gasteiger partial charge in [-0.25, -0.2) is 0 Å². The Hall–Kier alpha value is -1.51. The van der Waals surface area contributed by atoms with Crippen LogP contribution in [0.4, 0.5) is 5.69 Å². The molecule has 0 aliphatic rings. The fourth-order valence-electron chi connectivity index (χ4n) is 1.91. The third kappa shape index (κ3) is 5.77. The SMILES string of the molecule is CCCCNC(=O)C(C)Nc1ccc(CCC)cc1. The summed E-state index contributed by atoms with van der Waals surface area (Å²) in [6, 6.07) is 8.12. The summed E-state index contributed by atoms with van der Waals surface area (Å²) in [5.41, 5.74) is 2.34. The number of carbonyl (C=O) groups excluding carboxylic acids is 1. The minimum Gasteiger partial charge on any atom is -0.374 e. The van der Waals surface area contributed by atoms with Crippen molar-refractivity contribution in [2.75, 3.05) is 11.9 Å². The monoisotopic (exact) mass is 262 g/mol. The second-order valence-electron chi connectivity index (χ2n) is 4.96. The summed E-state index contributed by atoms with van der Waals surface area (Å²) in [6.45, 7) is 6.94. The second kappa shape index (κ2) is 8.57. The standard InChI is InChI=1S/C16H26N2O/c1-4-6-12-17-16(19)13(3)18-15-10-8-14(7-5-2)9-11-15/h8-11,13,18H,4-7,12H2,1-3H3,(H,17,19). The van der Waals surface area contributed by atoms with Gasteiger partial charge < -0.3 is 10.6 Å². The molecule has 0 saturated carbocycles. The predicted molar refractivity (Wildman–Crippen MR) is 81.4 cm³/mol. The summed E-state index contributed by atoms with van der Waals surface area (Å²) in [6.07, 6.45) is 4.39. The molecule has 3 nitrogen and oxygen atoms in total. The summed E-state index contributed by atoms with van der Waals surface area (Å²) in [5, 5.41) is 6.16. The highest BCUT2D eigenvalue weighted by molar-refractivity contribution is 5.84. The van der Waals surface area contributed by atoms with Gasteiger partial charge in [0.1, 0.15) is 6.04 Å². The summed E-state index contributed by atoms with van der Waals surface area (Å²) in [4.78, 5) is 11.8. The van der Waals surface area contributed by atoms with Crippen molar-refractivity contribution in [1.82, 2.24) is 5.32 Å². The summed E-state index contributed by atoms with van der Waals surface area (Å²) >= 11 is 0. The highest BCUT2D eigenvalue weighted by Gasteiger charge is 2.11. The largest absolute Gasteiger partial charge is 0.374 e. The number of carbonyl (C=O) groups is 1. The lowest BCUT2D eigenvalue weighted by atomic mass is 10.1. The van der Waals surface area contributed by atoms with E-state index < -0.39 is 0 Å². The molecule has 0 radical (unpaired) electrons. The van der Waals surface area contributed by atoms with Gasteiger partial charge in [0, 0.05) is 12.2 Å². The van der Waals surface area contributed by atoms with E-state index in [4.69, 9.17) is 0 Å². The maximum absolute atomic E-state index is 11.8. The molecule has 0 aliphatic carbocycles. The topological polar surface area (TPSA) is 41.1 Å². The number of benzene rings is 1. The van der Waals surface area contributed by atoms with Crippen LogP contribution in [0.1, 0.15) is 45.6 Å². The summed E-state index contributed by atoms with van der Waals surface area (Å²) in [7, 11) is 0. The van der Waals surface area contributed by atoms with E-state index in [1.54, 1.807) is 0 Å². The van der Waals surface area contributed by atoms with Crippen LogP contribution in [0, 0.1) is 0 Å². The smallest absolute Gasteiger partial charge is 0.242 e. The van der Waals surface area contributed by atoms with Gasteiger partial charge in [-0.3, -0.25) is 4.79 Å². The Kier molecular flexibility index (Phi) is 7.01. The van der Waals surface area contributed by atoms with Crippen molar-refractivity contribution in [2.24, 2.45) is 0 Å². The molecule has 0 heterocycles. The maximum Gasteiger partial charge on any atom is 0.242 e. The molecule has 2 N–H and O–H groups in total. The lowest BCUT2D eigenvalue weighted by molar-refractivity contribution is -0.121. The highest BCUT2D eigenvalue weighted by atomic mass is 16.2. The molecule has 1 atom stereocenters. The van der Waals surface area contributed by atoms with Crippen LogP contribution in [0.5, 0.6) is 0 Å². The Morgan fingerprint density at radius 1 is 1.16 bits per heavy atom. The number of anilines is 1. The molecule has 1 aromatic rings. The van der Waals surface area contributed by atoms with Crippen LogP contribution in [0.15, 0.2) is 24.3 Å². The van der Waals surface area contributed by atoms with Gasteiger partial charge in [0.05, 0.1) is 0 Å². The number of amides is 1. The van der Waals surface area contributed by atoms with Crippen molar-refractivity contribution in [2.45, 2.75) is 52.5 Å². The van der Waals surface area contributed by atoms with Gasteiger partial charge in [-0.15, -0.1) is 0 Å². The first kappa shape index (κ1) is 15.5. The van der Waals surface area contributed by atoms with Crippen molar-refractivity contribution in [3.8, 4) is 0 Å². The fraction of sp³-hybridized carbons (Fsp3) is 0.562. The fourth-order valence-corrected chi connectivity index (χ4v) is 1.91. The molecule has 1 rings (SSSR count). The number of hydrogen-bond acceptors (Lipinski definition) is 2. The number of aryl methyl sites for hydroxylation is 1.